The van der Waals surface area contributed by atoms with Crippen molar-refractivity contribution in [2.45, 2.75) is 96.6 Å². The van der Waals surface area contributed by atoms with Gasteiger partial charge in [-0.3, -0.25) is 0 Å². The molecule has 6 heteroatoms. The van der Waals surface area contributed by atoms with E-state index < -0.39 is 5.54 Å². The molecule has 1 unspecified atom stereocenters. The number of H-pyrrole nitrogens is 1. The Morgan fingerprint density at radius 2 is 1.86 bits per heavy atom. The lowest BCUT2D eigenvalue weighted by atomic mass is 9.99. The molecule has 5 N–H and O–H groups in total. The molecule has 4 rings (SSSR count). The van der Waals surface area contributed by atoms with Crippen LogP contribution in [0.5, 0.6) is 0 Å². The summed E-state index contributed by atoms with van der Waals surface area (Å²) in [5.74, 6) is 1.80. The van der Waals surface area contributed by atoms with Crippen LogP contribution in [0.1, 0.15) is 84.1 Å². The topological polar surface area (TPSA) is 82.0 Å². The van der Waals surface area contributed by atoms with Crippen LogP contribution in [0.25, 0.3) is 0 Å². The second kappa shape index (κ2) is 20.6. The number of anilines is 1. The molecular formula is C38H60N6. The Morgan fingerprint density at radius 1 is 1.14 bits per heavy atom. The molecule has 1 fully saturated rings. The van der Waals surface area contributed by atoms with Crippen molar-refractivity contribution in [2.75, 3.05) is 25.5 Å². The summed E-state index contributed by atoms with van der Waals surface area (Å²) in [5.41, 5.74) is 10.2. The van der Waals surface area contributed by atoms with E-state index in [1.807, 2.05) is 26.0 Å². The van der Waals surface area contributed by atoms with Crippen molar-refractivity contribution < 1.29 is 0 Å². The van der Waals surface area contributed by atoms with Gasteiger partial charge < -0.3 is 26.3 Å². The molecule has 1 aromatic heterocycles. The fraction of sp³-hybridized carbons (Fsp3) is 0.500. The molecule has 44 heavy (non-hydrogen) atoms. The van der Waals surface area contributed by atoms with Gasteiger partial charge in [0.1, 0.15) is 5.82 Å². The normalized spacial score (nSPS) is 15.9. The molecule has 2 aliphatic rings. The van der Waals surface area contributed by atoms with E-state index in [2.05, 4.69) is 102 Å². The van der Waals surface area contributed by atoms with Crippen molar-refractivity contribution in [1.82, 2.24) is 20.2 Å². The number of aromatic amines is 1. The van der Waals surface area contributed by atoms with Gasteiger partial charge in [0, 0.05) is 16.9 Å². The first-order valence-electron chi connectivity index (χ1n) is 16.5. The van der Waals surface area contributed by atoms with Crippen LogP contribution in [0, 0.1) is 5.92 Å². The number of nitrogens with zero attached hydrogens (tertiary/aromatic N) is 2. The van der Waals surface area contributed by atoms with Gasteiger partial charge in [-0.2, -0.15) is 0 Å². The summed E-state index contributed by atoms with van der Waals surface area (Å²) in [7, 11) is 2.20. The van der Waals surface area contributed by atoms with Crippen molar-refractivity contribution in [3.8, 4) is 0 Å². The second-order valence-corrected chi connectivity index (χ2v) is 12.8. The van der Waals surface area contributed by atoms with Gasteiger partial charge in [0.15, 0.2) is 0 Å². The maximum Gasteiger partial charge on any atom is 0.127 e. The molecule has 6 nitrogen and oxygen atoms in total. The summed E-state index contributed by atoms with van der Waals surface area (Å²) in [6.45, 7) is 20.8. The van der Waals surface area contributed by atoms with Crippen LogP contribution in [0.2, 0.25) is 0 Å². The molecule has 1 atom stereocenters. The number of nitrogens with one attached hydrogen (secondary N) is 3. The van der Waals surface area contributed by atoms with Crippen LogP contribution in [0.15, 0.2) is 104 Å². The van der Waals surface area contributed by atoms with Gasteiger partial charge >= 0.3 is 0 Å². The van der Waals surface area contributed by atoms with E-state index >= 15 is 0 Å². The van der Waals surface area contributed by atoms with Crippen LogP contribution in [0.3, 0.4) is 0 Å². The Bertz CT molecular complexity index is 1120. The number of aromatic nitrogens is 2. The standard InChI is InChI=1S/C20H29N5.C11H16.C7H15N/c1-15(24-19-13-22-14-23-19)18(25-16(2)20(3,4)21)12-8-11-17-9-6-5-7-10-17;1-2-3-5-8-11-9-6-4-7-10-11;1-7-3-5-8(2)6-4-7/h5-7,9-10,13-14,18,24-25H,1-2,8,11-12,21H2,3-4H3,(H,22,23);2,6,9-10H,1,3-5,7-8H2;7H,3-6H2,1-2H3. The summed E-state index contributed by atoms with van der Waals surface area (Å²) in [6, 6.07) is 10.5. The van der Waals surface area contributed by atoms with Gasteiger partial charge in [-0.25, -0.2) is 4.98 Å². The molecule has 1 aliphatic heterocycles. The number of nitrogens with two attached hydrogens (primary N) is 1. The van der Waals surface area contributed by atoms with E-state index in [0.717, 1.165) is 48.8 Å². The quantitative estimate of drug-likeness (QED) is 0.129. The molecule has 0 bridgehead atoms. The highest BCUT2D eigenvalue weighted by Crippen LogP contribution is 2.18. The minimum atomic E-state index is -0.494. The first-order valence-corrected chi connectivity index (χ1v) is 16.5. The molecule has 0 saturated carbocycles. The molecular weight excluding hydrogens is 540 g/mol. The number of imidazole rings is 1. The van der Waals surface area contributed by atoms with Gasteiger partial charge in [0.05, 0.1) is 18.6 Å². The molecule has 0 amide bonds. The third kappa shape index (κ3) is 15.9. The molecule has 1 saturated heterocycles. The van der Waals surface area contributed by atoms with Crippen molar-refractivity contribution >= 4 is 5.82 Å². The maximum absolute atomic E-state index is 6.15. The van der Waals surface area contributed by atoms with Crippen molar-refractivity contribution in [1.29, 1.82) is 0 Å². The zero-order valence-electron chi connectivity index (χ0n) is 28.1. The molecule has 1 aliphatic carbocycles. The Labute approximate surface area is 268 Å². The number of hydrogen-bond donors (Lipinski definition) is 4. The summed E-state index contributed by atoms with van der Waals surface area (Å²) >= 11 is 0. The number of rotatable bonds is 14. The number of likely N-dealkylation sites (tertiary alicyclic amines) is 1. The monoisotopic (exact) mass is 600 g/mol. The Balaban J connectivity index is 0.000000289. The van der Waals surface area contributed by atoms with Crippen molar-refractivity contribution in [2.24, 2.45) is 11.7 Å². The van der Waals surface area contributed by atoms with Gasteiger partial charge in [0.25, 0.3) is 0 Å². The highest BCUT2D eigenvalue weighted by Gasteiger charge is 2.21. The third-order valence-electron chi connectivity index (χ3n) is 8.09. The lowest BCUT2D eigenvalue weighted by Gasteiger charge is -2.30. The van der Waals surface area contributed by atoms with Crippen LogP contribution in [0.4, 0.5) is 5.82 Å². The highest BCUT2D eigenvalue weighted by atomic mass is 15.1. The van der Waals surface area contributed by atoms with Crippen LogP contribution >= 0.6 is 0 Å². The van der Waals surface area contributed by atoms with E-state index in [-0.39, 0.29) is 6.04 Å². The zero-order valence-corrected chi connectivity index (χ0v) is 28.1. The molecule has 242 valence electrons. The summed E-state index contributed by atoms with van der Waals surface area (Å²) in [6.07, 6.45) is 24.1. The van der Waals surface area contributed by atoms with E-state index in [1.54, 1.807) is 12.5 Å². The summed E-state index contributed by atoms with van der Waals surface area (Å²) < 4.78 is 0. The summed E-state index contributed by atoms with van der Waals surface area (Å²) in [4.78, 5) is 9.45. The van der Waals surface area contributed by atoms with Crippen LogP contribution in [-0.2, 0) is 6.42 Å². The van der Waals surface area contributed by atoms with Crippen LogP contribution < -0.4 is 16.4 Å². The molecule has 0 spiro atoms. The molecule has 2 aromatic rings. The minimum Gasteiger partial charge on any atom is -0.379 e. The van der Waals surface area contributed by atoms with Gasteiger partial charge in [0.2, 0.25) is 0 Å². The average molecular weight is 601 g/mol. The number of benzene rings is 1. The number of unbranched alkanes of at least 4 members (excludes halogenated alkanes) is 1. The molecule has 2 heterocycles. The number of allylic oxidation sites excluding steroid dienone is 5. The first kappa shape index (κ1) is 36.8. The fourth-order valence-electron chi connectivity index (χ4n) is 4.91. The van der Waals surface area contributed by atoms with Crippen molar-refractivity contribution in [3.63, 3.8) is 0 Å². The van der Waals surface area contributed by atoms with E-state index in [0.29, 0.717) is 0 Å². The highest BCUT2D eigenvalue weighted by molar-refractivity contribution is 5.40. The zero-order chi connectivity index (χ0) is 32.2. The Morgan fingerprint density at radius 3 is 2.43 bits per heavy atom. The predicted octanol–water partition coefficient (Wildman–Crippen LogP) is 8.53. The summed E-state index contributed by atoms with van der Waals surface area (Å²) in [5, 5.41) is 6.71. The third-order valence-corrected chi connectivity index (χ3v) is 8.09. The van der Waals surface area contributed by atoms with E-state index in [9.17, 15) is 0 Å². The molecule has 1 aromatic carbocycles. The van der Waals surface area contributed by atoms with Crippen molar-refractivity contribution in [3.05, 3.63) is 109 Å². The first-order chi connectivity index (χ1) is 21.1. The number of piperidine rings is 1. The van der Waals surface area contributed by atoms with E-state index in [1.165, 1.54) is 62.8 Å². The largest absolute Gasteiger partial charge is 0.379 e. The number of aryl methyl sites for hydroxylation is 1. The predicted molar refractivity (Wildman–Crippen MR) is 191 cm³/mol. The second-order valence-electron chi connectivity index (χ2n) is 12.8. The Hall–Kier alpha value is -3.35. The smallest absolute Gasteiger partial charge is 0.127 e. The maximum atomic E-state index is 6.15. The number of hydrogen-bond acceptors (Lipinski definition) is 5. The Kier molecular flexibility index (Phi) is 17.2. The lowest BCUT2D eigenvalue weighted by Crippen LogP contribution is -2.45. The minimum absolute atomic E-state index is 0.0299. The molecule has 0 radical (unpaired) electrons. The van der Waals surface area contributed by atoms with E-state index in [4.69, 9.17) is 5.73 Å². The van der Waals surface area contributed by atoms with Crippen LogP contribution in [-0.4, -0.2) is 46.6 Å². The average Bonchev–Trinajstić information content (AvgIpc) is 3.52. The fourth-order valence-corrected chi connectivity index (χ4v) is 4.91. The SMILES string of the molecule is C=C(Nc1cnc[nH]1)C(CCCc1ccccc1)NC(=C)C(C)(C)N.C=CCCCC1=CCCC=C1.CC1CCN(C)CC1. The van der Waals surface area contributed by atoms with Gasteiger partial charge in [-0.05, 0) is 110 Å². The van der Waals surface area contributed by atoms with Gasteiger partial charge in [-0.15, -0.1) is 6.58 Å². The lowest BCUT2D eigenvalue weighted by molar-refractivity contribution is 0.230. The van der Waals surface area contributed by atoms with Gasteiger partial charge in [-0.1, -0.05) is 80.3 Å².